The van der Waals surface area contributed by atoms with Gasteiger partial charge in [0.2, 0.25) is 11.7 Å². The van der Waals surface area contributed by atoms with Crippen molar-refractivity contribution in [3.8, 4) is 0 Å². The van der Waals surface area contributed by atoms with E-state index in [0.29, 0.717) is 24.7 Å². The van der Waals surface area contributed by atoms with Crippen molar-refractivity contribution in [2.45, 2.75) is 18.9 Å². The fourth-order valence-electron chi connectivity index (χ4n) is 3.03. The number of carbonyl (C=O) groups excluding carboxylic acids is 1. The summed E-state index contributed by atoms with van der Waals surface area (Å²) in [4.78, 5) is 36.3. The van der Waals surface area contributed by atoms with Gasteiger partial charge in [0.05, 0.1) is 19.6 Å². The summed E-state index contributed by atoms with van der Waals surface area (Å²) in [5, 5.41) is 18.9. The number of methoxy groups -OCH3 is 1. The number of likely N-dealkylation sites (tertiary alicyclic amines) is 1. The average Bonchev–Trinajstić information content (AvgIpc) is 3.40. The van der Waals surface area contributed by atoms with Crippen LogP contribution in [-0.2, 0) is 27.3 Å². The number of carbonyl (C=O) groups is 3. The molecule has 32 heavy (non-hydrogen) atoms. The molecule has 1 aromatic carbocycles. The molecular weight excluding hydrogens is 422 g/mol. The van der Waals surface area contributed by atoms with Gasteiger partial charge in [0.15, 0.2) is 5.82 Å². The summed E-state index contributed by atoms with van der Waals surface area (Å²) >= 11 is 0. The molecule has 0 bridgehead atoms. The van der Waals surface area contributed by atoms with Crippen LogP contribution in [0.2, 0.25) is 0 Å². The highest BCUT2D eigenvalue weighted by Gasteiger charge is 2.33. The number of benzene rings is 1. The molecular formula is C21H21N3O8. The van der Waals surface area contributed by atoms with Crippen LogP contribution in [0, 0.1) is 0 Å². The molecule has 0 unspecified atom stereocenters. The summed E-state index contributed by atoms with van der Waals surface area (Å²) in [6.07, 6.45) is 0.670. The molecule has 1 aliphatic rings. The third-order valence-corrected chi connectivity index (χ3v) is 4.61. The lowest BCUT2D eigenvalue weighted by molar-refractivity contribution is -0.159. The Bertz CT molecular complexity index is 1060. The number of hydrogen-bond donors (Lipinski definition) is 2. The number of nitrogens with zero attached hydrogens (tertiary/aromatic N) is 3. The molecule has 11 nitrogen and oxygen atoms in total. The van der Waals surface area contributed by atoms with Crippen LogP contribution >= 0.6 is 0 Å². The first-order chi connectivity index (χ1) is 15.4. The van der Waals surface area contributed by atoms with E-state index in [4.69, 9.17) is 28.7 Å². The van der Waals surface area contributed by atoms with Crippen LogP contribution in [0.4, 0.5) is 0 Å². The molecule has 3 heterocycles. The fraction of sp³-hybridized carbons (Fsp3) is 0.286. The lowest BCUT2D eigenvalue weighted by atomic mass is 10.00. The molecule has 1 saturated heterocycles. The molecule has 2 N–H and O–H groups in total. The summed E-state index contributed by atoms with van der Waals surface area (Å²) in [5.41, 5.74) is 1.16. The highest BCUT2D eigenvalue weighted by Crippen LogP contribution is 2.28. The Morgan fingerprint density at radius 2 is 1.78 bits per heavy atom. The average molecular weight is 443 g/mol. The van der Waals surface area contributed by atoms with E-state index < -0.39 is 17.9 Å². The summed E-state index contributed by atoms with van der Waals surface area (Å²) in [6.45, 7) is 2.28. The molecule has 11 heteroatoms. The van der Waals surface area contributed by atoms with E-state index in [-0.39, 0.29) is 11.7 Å². The monoisotopic (exact) mass is 443 g/mol. The maximum Gasteiger partial charge on any atom is 0.414 e. The molecule has 0 amide bonds. The summed E-state index contributed by atoms with van der Waals surface area (Å²) in [6, 6.07) is 13.5. The van der Waals surface area contributed by atoms with Gasteiger partial charge in [-0.3, -0.25) is 4.90 Å². The zero-order chi connectivity index (χ0) is 23.1. The first kappa shape index (κ1) is 22.7. The van der Waals surface area contributed by atoms with E-state index in [2.05, 4.69) is 19.8 Å². The minimum absolute atomic E-state index is 0.224. The van der Waals surface area contributed by atoms with Crippen molar-refractivity contribution in [2.24, 2.45) is 0 Å². The van der Waals surface area contributed by atoms with E-state index >= 15 is 0 Å². The van der Waals surface area contributed by atoms with Crippen LogP contribution < -0.4 is 0 Å². The number of esters is 1. The lowest BCUT2D eigenvalue weighted by Gasteiger charge is -2.36. The van der Waals surface area contributed by atoms with Gasteiger partial charge in [0.25, 0.3) is 0 Å². The zero-order valence-corrected chi connectivity index (χ0v) is 17.1. The molecule has 0 atom stereocenters. The van der Waals surface area contributed by atoms with Gasteiger partial charge in [-0.25, -0.2) is 14.4 Å². The Morgan fingerprint density at radius 3 is 2.41 bits per heavy atom. The first-order valence-corrected chi connectivity index (χ1v) is 9.57. The van der Waals surface area contributed by atoms with Crippen LogP contribution in [-0.4, -0.2) is 63.4 Å². The van der Waals surface area contributed by atoms with Crippen molar-refractivity contribution < 1.29 is 38.3 Å². The molecule has 0 aliphatic carbocycles. The van der Waals surface area contributed by atoms with Gasteiger partial charge in [0, 0.05) is 19.5 Å². The van der Waals surface area contributed by atoms with Gasteiger partial charge in [-0.1, -0.05) is 35.5 Å². The van der Waals surface area contributed by atoms with Gasteiger partial charge in [-0.05, 0) is 17.7 Å². The van der Waals surface area contributed by atoms with Crippen LogP contribution in [0.25, 0.3) is 0 Å². The van der Waals surface area contributed by atoms with Gasteiger partial charge < -0.3 is 23.9 Å². The van der Waals surface area contributed by atoms with Crippen molar-refractivity contribution in [1.29, 1.82) is 0 Å². The second kappa shape index (κ2) is 10.4. The van der Waals surface area contributed by atoms with E-state index in [1.54, 1.807) is 12.1 Å². The standard InChI is InChI=1S/C19H19N3O4.C2H2O4/c1-24-19(23)16-8-7-15(25-16)12-22-10-14(11-22)18-20-17(21-26-18)9-13-5-3-2-4-6-13;3-1(4)2(5)6/h2-8,14H,9-12H2,1H3;(H,3,4)(H,5,6). The number of rotatable bonds is 6. The Hall–Kier alpha value is -3.99. The van der Waals surface area contributed by atoms with Crippen LogP contribution in [0.3, 0.4) is 0 Å². The van der Waals surface area contributed by atoms with Crippen LogP contribution in [0.1, 0.15) is 39.5 Å². The van der Waals surface area contributed by atoms with Crippen LogP contribution in [0.5, 0.6) is 0 Å². The van der Waals surface area contributed by atoms with Crippen LogP contribution in [0.15, 0.2) is 51.4 Å². The predicted octanol–water partition coefficient (Wildman–Crippen LogP) is 1.80. The normalized spacial score (nSPS) is 13.5. The molecule has 168 valence electrons. The van der Waals surface area contributed by atoms with E-state index in [9.17, 15) is 4.79 Å². The topological polar surface area (TPSA) is 156 Å². The second-order valence-corrected chi connectivity index (χ2v) is 6.97. The van der Waals surface area contributed by atoms with Crippen molar-refractivity contribution in [2.75, 3.05) is 20.2 Å². The smallest absolute Gasteiger partial charge is 0.414 e. The summed E-state index contributed by atoms with van der Waals surface area (Å²) < 4.78 is 15.5. The minimum Gasteiger partial charge on any atom is -0.473 e. The Balaban J connectivity index is 0.000000427. The van der Waals surface area contributed by atoms with Crippen molar-refractivity contribution in [3.05, 3.63) is 71.3 Å². The Morgan fingerprint density at radius 1 is 1.09 bits per heavy atom. The third-order valence-electron chi connectivity index (χ3n) is 4.61. The van der Waals surface area contributed by atoms with Gasteiger partial charge >= 0.3 is 17.9 Å². The molecule has 1 fully saturated rings. The van der Waals surface area contributed by atoms with E-state index in [1.165, 1.54) is 7.11 Å². The molecule has 4 rings (SSSR count). The number of carboxylic acid groups (broad SMARTS) is 2. The molecule has 0 radical (unpaired) electrons. The summed E-state index contributed by atoms with van der Waals surface area (Å²) in [5.74, 6) is -1.52. The largest absolute Gasteiger partial charge is 0.473 e. The Kier molecular flexibility index (Phi) is 7.34. The Labute approximate surface area is 182 Å². The first-order valence-electron chi connectivity index (χ1n) is 9.57. The molecule has 1 aliphatic heterocycles. The maximum atomic E-state index is 11.4. The summed E-state index contributed by atoms with van der Waals surface area (Å²) in [7, 11) is 1.33. The number of furan rings is 1. The van der Waals surface area contributed by atoms with Gasteiger partial charge in [-0.15, -0.1) is 0 Å². The van der Waals surface area contributed by atoms with E-state index in [1.807, 2.05) is 30.3 Å². The molecule has 2 aromatic heterocycles. The third kappa shape index (κ3) is 6.01. The van der Waals surface area contributed by atoms with E-state index in [0.717, 1.165) is 24.4 Å². The molecule has 0 spiro atoms. The zero-order valence-electron chi connectivity index (χ0n) is 17.1. The SMILES string of the molecule is COC(=O)c1ccc(CN2CC(c3nc(Cc4ccccc4)no3)C2)o1.O=C(O)C(=O)O. The van der Waals surface area contributed by atoms with Gasteiger partial charge in [-0.2, -0.15) is 4.98 Å². The predicted molar refractivity (Wildman–Crippen MR) is 107 cm³/mol. The fourth-order valence-corrected chi connectivity index (χ4v) is 3.03. The molecule has 0 saturated carbocycles. The minimum atomic E-state index is -1.82. The van der Waals surface area contributed by atoms with Crippen molar-refractivity contribution >= 4 is 17.9 Å². The lowest BCUT2D eigenvalue weighted by Crippen LogP contribution is -2.44. The van der Waals surface area contributed by atoms with Crippen molar-refractivity contribution in [3.63, 3.8) is 0 Å². The number of carboxylic acids is 2. The second-order valence-electron chi connectivity index (χ2n) is 6.97. The highest BCUT2D eigenvalue weighted by atomic mass is 16.5. The number of aromatic nitrogens is 2. The highest BCUT2D eigenvalue weighted by molar-refractivity contribution is 6.27. The quantitative estimate of drug-likeness (QED) is 0.423. The maximum absolute atomic E-state index is 11.4. The number of hydrogen-bond acceptors (Lipinski definition) is 9. The number of aliphatic carboxylic acids is 2. The number of ether oxygens (including phenoxy) is 1. The van der Waals surface area contributed by atoms with Gasteiger partial charge in [0.1, 0.15) is 5.76 Å². The molecule has 3 aromatic rings. The van der Waals surface area contributed by atoms with Crippen molar-refractivity contribution in [1.82, 2.24) is 15.0 Å².